The van der Waals surface area contributed by atoms with Crippen LogP contribution in [-0.4, -0.2) is 9.97 Å². The Labute approximate surface area is 75.3 Å². The van der Waals surface area contributed by atoms with Gasteiger partial charge in [0, 0.05) is 5.69 Å². The van der Waals surface area contributed by atoms with Crippen LogP contribution >= 0.6 is 11.3 Å². The third-order valence-corrected chi connectivity index (χ3v) is 2.84. The molecule has 12 heavy (non-hydrogen) atoms. The van der Waals surface area contributed by atoms with Gasteiger partial charge in [-0.2, -0.15) is 0 Å². The SMILES string of the molecule is Cc1nc2nc(C)c(C)cc2s1. The highest BCUT2D eigenvalue weighted by Crippen LogP contribution is 2.21. The Kier molecular flexibility index (Phi) is 1.61. The summed E-state index contributed by atoms with van der Waals surface area (Å²) in [4.78, 5) is 8.72. The molecule has 0 radical (unpaired) electrons. The van der Waals surface area contributed by atoms with Crippen molar-refractivity contribution < 1.29 is 0 Å². The van der Waals surface area contributed by atoms with Crippen LogP contribution in [0.4, 0.5) is 0 Å². The maximum absolute atomic E-state index is 4.40. The minimum absolute atomic E-state index is 0.889. The van der Waals surface area contributed by atoms with Gasteiger partial charge < -0.3 is 0 Å². The van der Waals surface area contributed by atoms with Crippen LogP contribution in [-0.2, 0) is 0 Å². The molecule has 0 spiro atoms. The molecule has 0 amide bonds. The van der Waals surface area contributed by atoms with E-state index in [0.717, 1.165) is 16.3 Å². The molecule has 2 nitrogen and oxygen atoms in total. The van der Waals surface area contributed by atoms with Crippen molar-refractivity contribution in [2.75, 3.05) is 0 Å². The van der Waals surface area contributed by atoms with Gasteiger partial charge in [-0.1, -0.05) is 0 Å². The van der Waals surface area contributed by atoms with Gasteiger partial charge in [-0.3, -0.25) is 0 Å². The van der Waals surface area contributed by atoms with Gasteiger partial charge in [-0.15, -0.1) is 11.3 Å². The summed E-state index contributed by atoms with van der Waals surface area (Å²) in [5.74, 6) is 0. The van der Waals surface area contributed by atoms with Crippen LogP contribution in [0.2, 0.25) is 0 Å². The topological polar surface area (TPSA) is 25.8 Å². The van der Waals surface area contributed by atoms with E-state index >= 15 is 0 Å². The van der Waals surface area contributed by atoms with Crippen molar-refractivity contribution in [3.63, 3.8) is 0 Å². The monoisotopic (exact) mass is 178 g/mol. The summed E-state index contributed by atoms with van der Waals surface area (Å²) in [6, 6.07) is 2.16. The molecule has 0 aliphatic heterocycles. The van der Waals surface area contributed by atoms with Crippen LogP contribution in [0.3, 0.4) is 0 Å². The summed E-state index contributed by atoms with van der Waals surface area (Å²) in [5.41, 5.74) is 3.21. The average molecular weight is 178 g/mol. The van der Waals surface area contributed by atoms with Crippen molar-refractivity contribution in [3.8, 4) is 0 Å². The standard InChI is InChI=1S/C9H10N2S/c1-5-4-8-9(10-6(5)2)11-7(3)12-8/h4H,1-3H3. The fourth-order valence-corrected chi connectivity index (χ4v) is 2.02. The third-order valence-electron chi connectivity index (χ3n) is 1.93. The number of fused-ring (bicyclic) bond motifs is 1. The van der Waals surface area contributed by atoms with E-state index in [0.29, 0.717) is 0 Å². The predicted molar refractivity (Wildman–Crippen MR) is 51.6 cm³/mol. The van der Waals surface area contributed by atoms with Crippen LogP contribution in [0.5, 0.6) is 0 Å². The molecule has 62 valence electrons. The third kappa shape index (κ3) is 1.10. The van der Waals surface area contributed by atoms with E-state index in [-0.39, 0.29) is 0 Å². The number of nitrogens with zero attached hydrogens (tertiary/aromatic N) is 2. The average Bonchev–Trinajstić information content (AvgIpc) is 2.30. The van der Waals surface area contributed by atoms with Gasteiger partial charge in [0.15, 0.2) is 5.65 Å². The van der Waals surface area contributed by atoms with Gasteiger partial charge in [-0.05, 0) is 32.4 Å². The van der Waals surface area contributed by atoms with Gasteiger partial charge in [0.05, 0.1) is 9.71 Å². The number of aryl methyl sites for hydroxylation is 3. The fourth-order valence-electron chi connectivity index (χ4n) is 1.15. The summed E-state index contributed by atoms with van der Waals surface area (Å²) in [7, 11) is 0. The summed E-state index contributed by atoms with van der Waals surface area (Å²) >= 11 is 1.70. The molecule has 2 aromatic rings. The lowest BCUT2D eigenvalue weighted by molar-refractivity contribution is 1.16. The molecule has 3 heteroatoms. The van der Waals surface area contributed by atoms with Gasteiger partial charge in [0.2, 0.25) is 0 Å². The Morgan fingerprint density at radius 1 is 1.17 bits per heavy atom. The first kappa shape index (κ1) is 7.68. The first-order valence-electron chi connectivity index (χ1n) is 3.88. The number of hydrogen-bond acceptors (Lipinski definition) is 3. The lowest BCUT2D eigenvalue weighted by atomic mass is 10.2. The number of pyridine rings is 1. The maximum atomic E-state index is 4.40. The smallest absolute Gasteiger partial charge is 0.170 e. The molecule has 2 heterocycles. The quantitative estimate of drug-likeness (QED) is 0.619. The molecule has 0 saturated carbocycles. The molecule has 2 aromatic heterocycles. The normalized spacial score (nSPS) is 10.9. The Bertz CT molecular complexity index is 392. The summed E-state index contributed by atoms with van der Waals surface area (Å²) < 4.78 is 1.19. The molecule has 0 fully saturated rings. The highest BCUT2D eigenvalue weighted by atomic mass is 32.1. The van der Waals surface area contributed by atoms with E-state index < -0.39 is 0 Å². The molecule has 0 bridgehead atoms. The fraction of sp³-hybridized carbons (Fsp3) is 0.333. The van der Waals surface area contributed by atoms with Crippen LogP contribution < -0.4 is 0 Å². The minimum Gasteiger partial charge on any atom is -0.232 e. The Hall–Kier alpha value is -0.960. The van der Waals surface area contributed by atoms with Crippen LogP contribution in [0, 0.1) is 20.8 Å². The lowest BCUT2D eigenvalue weighted by Gasteiger charge is -1.95. The van der Waals surface area contributed by atoms with Crippen molar-refractivity contribution >= 4 is 21.7 Å². The van der Waals surface area contributed by atoms with E-state index in [1.165, 1.54) is 10.3 Å². The van der Waals surface area contributed by atoms with E-state index in [2.05, 4.69) is 23.0 Å². The zero-order valence-corrected chi connectivity index (χ0v) is 8.20. The van der Waals surface area contributed by atoms with Crippen molar-refractivity contribution in [2.45, 2.75) is 20.8 Å². The maximum Gasteiger partial charge on any atom is 0.170 e. The van der Waals surface area contributed by atoms with Crippen LogP contribution in [0.25, 0.3) is 10.3 Å². The number of hydrogen-bond donors (Lipinski definition) is 0. The first-order chi connectivity index (χ1) is 5.66. The van der Waals surface area contributed by atoms with E-state index in [9.17, 15) is 0 Å². The zero-order valence-electron chi connectivity index (χ0n) is 7.38. The van der Waals surface area contributed by atoms with E-state index in [1.807, 2.05) is 13.8 Å². The van der Waals surface area contributed by atoms with Gasteiger partial charge in [0.1, 0.15) is 0 Å². The van der Waals surface area contributed by atoms with Gasteiger partial charge in [0.25, 0.3) is 0 Å². The molecule has 0 unspecified atom stereocenters. The molecule has 0 aliphatic carbocycles. The highest BCUT2D eigenvalue weighted by Gasteiger charge is 2.03. The minimum atomic E-state index is 0.889. The summed E-state index contributed by atoms with van der Waals surface area (Å²) in [5, 5.41) is 1.09. The second-order valence-electron chi connectivity index (χ2n) is 2.95. The van der Waals surface area contributed by atoms with Crippen molar-refractivity contribution in [3.05, 3.63) is 22.3 Å². The number of rotatable bonds is 0. The van der Waals surface area contributed by atoms with Gasteiger partial charge >= 0.3 is 0 Å². The molecule has 0 saturated heterocycles. The molecular weight excluding hydrogens is 168 g/mol. The number of thiazole rings is 1. The predicted octanol–water partition coefficient (Wildman–Crippen LogP) is 2.62. The van der Waals surface area contributed by atoms with Crippen molar-refractivity contribution in [1.82, 2.24) is 9.97 Å². The van der Waals surface area contributed by atoms with Crippen LogP contribution in [0.1, 0.15) is 16.3 Å². The van der Waals surface area contributed by atoms with E-state index in [1.54, 1.807) is 11.3 Å². The summed E-state index contributed by atoms with van der Waals surface area (Å²) in [6.07, 6.45) is 0. The molecular formula is C9H10N2S. The summed E-state index contributed by atoms with van der Waals surface area (Å²) in [6.45, 7) is 6.11. The molecule has 0 aromatic carbocycles. The molecule has 0 aliphatic rings. The van der Waals surface area contributed by atoms with Crippen molar-refractivity contribution in [1.29, 1.82) is 0 Å². The molecule has 0 N–H and O–H groups in total. The Morgan fingerprint density at radius 3 is 2.67 bits per heavy atom. The Morgan fingerprint density at radius 2 is 1.92 bits per heavy atom. The lowest BCUT2D eigenvalue weighted by Crippen LogP contribution is -1.86. The second-order valence-corrected chi connectivity index (χ2v) is 4.18. The zero-order chi connectivity index (χ0) is 8.72. The molecule has 2 rings (SSSR count). The van der Waals surface area contributed by atoms with Crippen molar-refractivity contribution in [2.24, 2.45) is 0 Å². The highest BCUT2D eigenvalue weighted by molar-refractivity contribution is 7.18. The van der Waals surface area contributed by atoms with Crippen LogP contribution in [0.15, 0.2) is 6.07 Å². The number of aromatic nitrogens is 2. The second kappa shape index (κ2) is 2.52. The largest absolute Gasteiger partial charge is 0.232 e. The Balaban J connectivity index is 2.83. The van der Waals surface area contributed by atoms with Gasteiger partial charge in [-0.25, -0.2) is 9.97 Å². The van der Waals surface area contributed by atoms with E-state index in [4.69, 9.17) is 0 Å². The first-order valence-corrected chi connectivity index (χ1v) is 4.70. The molecule has 0 atom stereocenters.